The molecule has 0 spiro atoms. The number of fused-ring (bicyclic) bond motifs is 5. The number of halogens is 2. The third-order valence-corrected chi connectivity index (χ3v) is 14.5. The molecule has 13 rings (SSSR count). The molecule has 0 saturated heterocycles. The largest absolute Gasteiger partial charge is 0.184 e. The van der Waals surface area contributed by atoms with E-state index in [1.807, 2.05) is 6.07 Å². The quantitative estimate of drug-likeness (QED) is 0.115. The Bertz CT molecular complexity index is 3480. The molecule has 0 atom stereocenters. The fourth-order valence-corrected chi connectivity index (χ4v) is 11.3. The van der Waals surface area contributed by atoms with Gasteiger partial charge >= 0.3 is 37.9 Å². The van der Waals surface area contributed by atoms with Gasteiger partial charge in [0.2, 0.25) is 0 Å². The summed E-state index contributed by atoms with van der Waals surface area (Å²) < 4.78 is 0. The Morgan fingerprint density at radius 3 is 1.14 bits per heavy atom. The molecule has 1 heterocycles. The monoisotopic (exact) mass is 1050 g/mol. The molecule has 1 aliphatic heterocycles. The smallest absolute Gasteiger partial charge is 0.0920 e. The van der Waals surface area contributed by atoms with Gasteiger partial charge in [0.25, 0.3) is 0 Å². The van der Waals surface area contributed by atoms with Crippen molar-refractivity contribution in [1.29, 1.82) is 0 Å². The maximum atomic E-state index is 4.93. The van der Waals surface area contributed by atoms with Crippen LogP contribution in [0.25, 0.3) is 99.4 Å². The van der Waals surface area contributed by atoms with Crippen LogP contribution in [0.5, 0.6) is 0 Å². The van der Waals surface area contributed by atoms with E-state index in [9.17, 15) is 0 Å². The Labute approximate surface area is 445 Å². The van der Waals surface area contributed by atoms with Crippen molar-refractivity contribution < 1.29 is 20.8 Å². The number of benzene rings is 10. The van der Waals surface area contributed by atoms with E-state index in [0.29, 0.717) is 0 Å². The molecule has 12 aromatic carbocycles. The molecule has 1 aliphatic rings. The minimum Gasteiger partial charge on any atom is -0.184 e. The molecule has 0 amide bonds. The predicted molar refractivity (Wildman–Crippen MR) is 309 cm³/mol. The number of rotatable bonds is 6. The van der Waals surface area contributed by atoms with Gasteiger partial charge in [-0.1, -0.05) is 242 Å². The van der Waals surface area contributed by atoms with Crippen LogP contribution in [0.2, 0.25) is 0 Å². The maximum absolute atomic E-state index is 4.93. The van der Waals surface area contributed by atoms with Gasteiger partial charge in [-0.2, -0.15) is 41.6 Å². The summed E-state index contributed by atoms with van der Waals surface area (Å²) in [5.41, 5.74) is 20.7. The Kier molecular flexibility index (Phi) is 15.6. The van der Waals surface area contributed by atoms with Gasteiger partial charge in [0.05, 0.1) is 9.52 Å². The van der Waals surface area contributed by atoms with Crippen molar-refractivity contribution in [3.05, 3.63) is 278 Å². The molecule has 0 N–H and O–H groups in total. The number of hydrogen-bond acceptors (Lipinski definition) is 0. The molecule has 72 heavy (non-hydrogen) atoms. The molecule has 0 nitrogen and oxygen atoms in total. The minimum atomic E-state index is -0.826. The van der Waals surface area contributed by atoms with E-state index in [2.05, 4.69) is 275 Å². The van der Waals surface area contributed by atoms with Crippen LogP contribution in [0.15, 0.2) is 261 Å². The van der Waals surface area contributed by atoms with E-state index < -0.39 is 20.8 Å². The van der Waals surface area contributed by atoms with Gasteiger partial charge in [0, 0.05) is 0 Å². The van der Waals surface area contributed by atoms with Gasteiger partial charge in [-0.25, -0.2) is 0 Å². The second-order valence-corrected chi connectivity index (χ2v) is 22.8. The zero-order valence-electron chi connectivity index (χ0n) is 40.1. The van der Waals surface area contributed by atoms with Crippen molar-refractivity contribution in [2.45, 2.75) is 13.8 Å². The van der Waals surface area contributed by atoms with E-state index in [-0.39, 0.29) is 0 Å². The summed E-state index contributed by atoms with van der Waals surface area (Å²) in [4.78, 5) is 0. The van der Waals surface area contributed by atoms with Crippen LogP contribution in [0.1, 0.15) is 11.1 Å². The van der Waals surface area contributed by atoms with Gasteiger partial charge in [-0.15, -0.1) is 62.5 Å². The Hall–Kier alpha value is -6.90. The molecule has 0 unspecified atom stereocenters. The molecule has 346 valence electrons. The fourth-order valence-electron chi connectivity index (χ4n) is 10.0. The Balaban J connectivity index is 0.000000128. The second kappa shape index (κ2) is 23.1. The maximum Gasteiger partial charge on any atom is 0.0920 e. The summed E-state index contributed by atoms with van der Waals surface area (Å²) in [6.45, 7) is 4.35. The third-order valence-electron chi connectivity index (χ3n) is 13.1. The van der Waals surface area contributed by atoms with Crippen molar-refractivity contribution >= 4 is 58.5 Å². The van der Waals surface area contributed by atoms with Gasteiger partial charge < -0.3 is 0 Å². The first-order valence-electron chi connectivity index (χ1n) is 24.1. The van der Waals surface area contributed by atoms with Crippen LogP contribution in [-0.2, 0) is 20.8 Å². The summed E-state index contributed by atoms with van der Waals surface area (Å²) in [5.74, 6) is 0. The van der Waals surface area contributed by atoms with Crippen molar-refractivity contribution in [3.8, 4) is 77.9 Å². The first-order valence-corrected chi connectivity index (χ1v) is 31.5. The topological polar surface area (TPSA) is 0 Å². The first-order chi connectivity index (χ1) is 35.5. The Morgan fingerprint density at radius 2 is 0.708 bits per heavy atom. The van der Waals surface area contributed by atoms with Crippen molar-refractivity contribution in [2.75, 3.05) is 0 Å². The van der Waals surface area contributed by atoms with E-state index in [1.54, 1.807) is 0 Å². The summed E-state index contributed by atoms with van der Waals surface area (Å²) >= 11 is -0.826. The van der Waals surface area contributed by atoms with Gasteiger partial charge in [-0.05, 0) is 55.6 Å². The van der Waals surface area contributed by atoms with Gasteiger partial charge in [-0.3, -0.25) is 0 Å². The molecule has 0 aromatic heterocycles. The second-order valence-electron chi connectivity index (χ2n) is 17.8. The number of hydrogen-bond donors (Lipinski definition) is 0. The van der Waals surface area contributed by atoms with E-state index in [4.69, 9.17) is 17.0 Å². The van der Waals surface area contributed by atoms with E-state index in [1.165, 1.54) is 121 Å². The summed E-state index contributed by atoms with van der Waals surface area (Å²) in [7, 11) is 10.7. The van der Waals surface area contributed by atoms with Crippen LogP contribution < -0.4 is 10.4 Å². The molecule has 0 saturated carbocycles. The summed E-state index contributed by atoms with van der Waals surface area (Å²) in [6.07, 6.45) is 0. The van der Waals surface area contributed by atoms with Crippen LogP contribution >= 0.6 is 17.0 Å². The molecule has 0 fully saturated rings. The fraction of sp³-hybridized carbons (Fsp3) is 0.0294. The molecule has 0 bridgehead atoms. The SMILES string of the molecule is Cc1cc2c(-c3ccccc3-c3ccccc3)c(-c3ccccc3)ccc2[cH-]1.Cc1cc2c(-c3ccccc3-c3ccccc3)c(-c3ccccc3)ccc2[cH-]1.[Cl][Zr][Cl].[c-]1cccc2c1[Si]c1ccccc1-2. The van der Waals surface area contributed by atoms with Crippen LogP contribution in [0.4, 0.5) is 0 Å². The summed E-state index contributed by atoms with van der Waals surface area (Å²) in [5, 5.41) is 8.07. The van der Waals surface area contributed by atoms with E-state index in [0.717, 1.165) is 9.52 Å². The predicted octanol–water partition coefficient (Wildman–Crippen LogP) is 18.2. The van der Waals surface area contributed by atoms with E-state index >= 15 is 0 Å². The van der Waals surface area contributed by atoms with Crippen molar-refractivity contribution in [2.24, 2.45) is 0 Å². The standard InChI is InChI=1S/2C28H21.C12H7Si.2ClH.Zr/c2*1-20-18-23-16-17-25(22-12-6-3-7-13-22)28(27(23)19-20)26-15-9-8-14-24(26)21-10-4-2-5-11-21;1-3-7-11-9(5-1)10-6-2-4-8-12(10)13-11;;;/h2*2-19H,1H3;1-7H;2*1H;/q3*-1;;;+2/p-2. The normalized spacial score (nSPS) is 11.0. The molecule has 0 aliphatic carbocycles. The molecule has 2 radical (unpaired) electrons. The molecular weight excluding hydrogens is 1010 g/mol. The Morgan fingerprint density at radius 1 is 0.361 bits per heavy atom. The van der Waals surface area contributed by atoms with Crippen LogP contribution in [0, 0.1) is 19.9 Å². The van der Waals surface area contributed by atoms with Crippen LogP contribution in [0.3, 0.4) is 0 Å². The van der Waals surface area contributed by atoms with Crippen molar-refractivity contribution in [3.63, 3.8) is 0 Å². The zero-order chi connectivity index (χ0) is 49.2. The molecule has 12 aromatic rings. The minimum absolute atomic E-state index is 0.795. The summed E-state index contributed by atoms with van der Waals surface area (Å²) in [6, 6.07) is 96.7. The molecular formula is C68H49Cl2SiZr-3. The third kappa shape index (κ3) is 10.7. The van der Waals surface area contributed by atoms with Gasteiger partial charge in [0.15, 0.2) is 0 Å². The number of aryl methyl sites for hydroxylation is 2. The van der Waals surface area contributed by atoms with Crippen molar-refractivity contribution in [1.82, 2.24) is 0 Å². The van der Waals surface area contributed by atoms with Crippen LogP contribution in [-0.4, -0.2) is 9.52 Å². The molecule has 4 heteroatoms. The zero-order valence-corrected chi connectivity index (χ0v) is 45.1. The first kappa shape index (κ1) is 48.7. The van der Waals surface area contributed by atoms with Gasteiger partial charge in [0.1, 0.15) is 0 Å². The average Bonchev–Trinajstić information content (AvgIpc) is 4.15. The average molecular weight is 1060 g/mol.